The number of thioether (sulfide) groups is 1. The van der Waals surface area contributed by atoms with Crippen molar-refractivity contribution in [1.82, 2.24) is 14.9 Å². The van der Waals surface area contributed by atoms with E-state index < -0.39 is 5.60 Å². The van der Waals surface area contributed by atoms with Gasteiger partial charge < -0.3 is 15.0 Å². The maximum absolute atomic E-state index is 12.3. The van der Waals surface area contributed by atoms with Crippen molar-refractivity contribution < 1.29 is 9.53 Å². The molecule has 0 bridgehead atoms. The second-order valence-electron chi connectivity index (χ2n) is 7.17. The van der Waals surface area contributed by atoms with Crippen LogP contribution in [-0.2, 0) is 17.7 Å². The summed E-state index contributed by atoms with van der Waals surface area (Å²) in [6, 6.07) is 8.11. The molecule has 0 fully saturated rings. The van der Waals surface area contributed by atoms with Crippen molar-refractivity contribution >= 4 is 29.5 Å². The van der Waals surface area contributed by atoms with Gasteiger partial charge in [-0.1, -0.05) is 0 Å². The average molecular weight is 372 g/mol. The smallest absolute Gasteiger partial charge is 0.410 e. The van der Waals surface area contributed by atoms with Gasteiger partial charge in [-0.05, 0) is 63.3 Å². The molecule has 138 valence electrons. The number of fused-ring (bicyclic) bond motifs is 1. The molecule has 26 heavy (non-hydrogen) atoms. The number of aromatic nitrogens is 2. The van der Waals surface area contributed by atoms with Crippen LogP contribution in [0.25, 0.3) is 0 Å². The van der Waals surface area contributed by atoms with Gasteiger partial charge in [-0.2, -0.15) is 0 Å². The van der Waals surface area contributed by atoms with Crippen LogP contribution in [0.3, 0.4) is 0 Å². The van der Waals surface area contributed by atoms with Crippen molar-refractivity contribution in [3.63, 3.8) is 0 Å². The van der Waals surface area contributed by atoms with Crippen molar-refractivity contribution in [2.75, 3.05) is 18.1 Å². The largest absolute Gasteiger partial charge is 0.444 e. The SMILES string of the molecule is CSc1ccc(Nc2ncc3c(n2)CN(C(=O)OC(C)(C)C)CC3)cc1. The highest BCUT2D eigenvalue weighted by Gasteiger charge is 2.26. The topological polar surface area (TPSA) is 67.4 Å². The number of nitrogens with one attached hydrogen (secondary N) is 1. The van der Waals surface area contributed by atoms with E-state index in [-0.39, 0.29) is 6.09 Å². The summed E-state index contributed by atoms with van der Waals surface area (Å²) in [7, 11) is 0. The van der Waals surface area contributed by atoms with Crippen LogP contribution in [-0.4, -0.2) is 39.4 Å². The van der Waals surface area contributed by atoms with Crippen LogP contribution in [0.2, 0.25) is 0 Å². The Balaban J connectivity index is 1.71. The Hall–Kier alpha value is -2.28. The summed E-state index contributed by atoms with van der Waals surface area (Å²) in [5.41, 5.74) is 2.37. The van der Waals surface area contributed by atoms with E-state index in [9.17, 15) is 4.79 Å². The molecule has 1 amide bonds. The lowest BCUT2D eigenvalue weighted by Gasteiger charge is -2.30. The summed E-state index contributed by atoms with van der Waals surface area (Å²) < 4.78 is 5.47. The molecule has 7 heteroatoms. The molecule has 0 saturated heterocycles. The van der Waals surface area contributed by atoms with Crippen molar-refractivity contribution in [2.24, 2.45) is 0 Å². The fourth-order valence-corrected chi connectivity index (χ4v) is 3.06. The quantitative estimate of drug-likeness (QED) is 0.813. The van der Waals surface area contributed by atoms with E-state index in [4.69, 9.17) is 4.74 Å². The normalized spacial score (nSPS) is 13.9. The van der Waals surface area contributed by atoms with Crippen LogP contribution < -0.4 is 5.32 Å². The fourth-order valence-electron chi connectivity index (χ4n) is 2.65. The molecule has 0 spiro atoms. The highest BCUT2D eigenvalue weighted by Crippen LogP contribution is 2.23. The molecular weight excluding hydrogens is 348 g/mol. The molecular formula is C19H24N4O2S. The first-order chi connectivity index (χ1) is 12.3. The van der Waals surface area contributed by atoms with E-state index >= 15 is 0 Å². The van der Waals surface area contributed by atoms with E-state index in [0.717, 1.165) is 23.4 Å². The molecule has 2 aromatic rings. The molecule has 3 rings (SSSR count). The Kier molecular flexibility index (Phi) is 5.36. The summed E-state index contributed by atoms with van der Waals surface area (Å²) in [6.45, 7) is 6.67. The zero-order valence-electron chi connectivity index (χ0n) is 15.6. The Morgan fingerprint density at radius 1 is 1.27 bits per heavy atom. The summed E-state index contributed by atoms with van der Waals surface area (Å²) >= 11 is 1.70. The lowest BCUT2D eigenvalue weighted by Crippen LogP contribution is -2.40. The molecule has 1 aromatic carbocycles. The van der Waals surface area contributed by atoms with E-state index in [1.807, 2.05) is 45.4 Å². The summed E-state index contributed by atoms with van der Waals surface area (Å²) in [4.78, 5) is 24.2. The number of benzene rings is 1. The van der Waals surface area contributed by atoms with Gasteiger partial charge in [0.2, 0.25) is 5.95 Å². The van der Waals surface area contributed by atoms with Crippen molar-refractivity contribution in [3.05, 3.63) is 41.7 Å². The average Bonchev–Trinajstić information content (AvgIpc) is 2.60. The molecule has 0 saturated carbocycles. The number of hydrogen-bond donors (Lipinski definition) is 1. The number of carbonyl (C=O) groups is 1. The number of hydrogen-bond acceptors (Lipinski definition) is 6. The monoisotopic (exact) mass is 372 g/mol. The van der Waals surface area contributed by atoms with Gasteiger partial charge in [0.15, 0.2) is 0 Å². The second kappa shape index (κ2) is 7.53. The fraction of sp³-hybridized carbons (Fsp3) is 0.421. The number of amides is 1. The number of nitrogens with zero attached hydrogens (tertiary/aromatic N) is 3. The van der Waals surface area contributed by atoms with Crippen molar-refractivity contribution in [1.29, 1.82) is 0 Å². The van der Waals surface area contributed by atoms with Crippen LogP contribution in [0.4, 0.5) is 16.4 Å². The molecule has 1 aromatic heterocycles. The van der Waals surface area contributed by atoms with E-state index in [0.29, 0.717) is 19.0 Å². The van der Waals surface area contributed by atoms with Gasteiger partial charge in [0.25, 0.3) is 0 Å². The summed E-state index contributed by atoms with van der Waals surface area (Å²) in [5, 5.41) is 3.22. The number of anilines is 2. The lowest BCUT2D eigenvalue weighted by molar-refractivity contribution is 0.0220. The molecule has 0 atom stereocenters. The second-order valence-corrected chi connectivity index (χ2v) is 8.05. The Bertz CT molecular complexity index is 787. The Labute approximate surface area is 158 Å². The van der Waals surface area contributed by atoms with Gasteiger partial charge in [0.05, 0.1) is 12.2 Å². The highest BCUT2D eigenvalue weighted by molar-refractivity contribution is 7.98. The first kappa shape index (κ1) is 18.5. The Morgan fingerprint density at radius 2 is 2.00 bits per heavy atom. The van der Waals surface area contributed by atoms with Gasteiger partial charge in [-0.25, -0.2) is 14.8 Å². The molecule has 0 unspecified atom stereocenters. The first-order valence-corrected chi connectivity index (χ1v) is 9.80. The molecule has 6 nitrogen and oxygen atoms in total. The minimum Gasteiger partial charge on any atom is -0.444 e. The van der Waals surface area contributed by atoms with Crippen LogP contribution in [0.15, 0.2) is 35.4 Å². The third kappa shape index (κ3) is 4.66. The van der Waals surface area contributed by atoms with Crippen molar-refractivity contribution in [3.8, 4) is 0 Å². The van der Waals surface area contributed by atoms with E-state index in [1.165, 1.54) is 4.90 Å². The molecule has 0 aliphatic carbocycles. The maximum Gasteiger partial charge on any atom is 0.410 e. The lowest BCUT2D eigenvalue weighted by atomic mass is 10.1. The third-order valence-corrected chi connectivity index (χ3v) is 4.69. The van der Waals surface area contributed by atoms with Gasteiger partial charge in [-0.15, -0.1) is 11.8 Å². The van der Waals surface area contributed by atoms with Gasteiger partial charge in [-0.3, -0.25) is 0 Å². The van der Waals surface area contributed by atoms with Crippen LogP contribution in [0.5, 0.6) is 0 Å². The van der Waals surface area contributed by atoms with Gasteiger partial charge >= 0.3 is 6.09 Å². The third-order valence-electron chi connectivity index (χ3n) is 3.94. The highest BCUT2D eigenvalue weighted by atomic mass is 32.2. The number of carbonyl (C=O) groups excluding carboxylic acids is 1. The molecule has 2 heterocycles. The minimum atomic E-state index is -0.501. The van der Waals surface area contributed by atoms with Crippen LogP contribution in [0.1, 0.15) is 32.0 Å². The van der Waals surface area contributed by atoms with Crippen LogP contribution >= 0.6 is 11.8 Å². The summed E-state index contributed by atoms with van der Waals surface area (Å²) in [6.07, 6.45) is 4.32. The molecule has 1 aliphatic rings. The predicted octanol–water partition coefficient (Wildman–Crippen LogP) is 4.24. The predicted molar refractivity (Wildman–Crippen MR) is 104 cm³/mol. The van der Waals surface area contributed by atoms with E-state index in [1.54, 1.807) is 16.7 Å². The minimum absolute atomic E-state index is 0.302. The standard InChI is InChI=1S/C19H24N4O2S/c1-19(2,3)25-18(24)23-10-9-13-11-20-17(22-16(13)12-23)21-14-5-7-15(26-4)8-6-14/h5-8,11H,9-10,12H2,1-4H3,(H,20,21,22). The zero-order chi connectivity index (χ0) is 18.7. The van der Waals surface area contributed by atoms with Crippen molar-refractivity contribution in [2.45, 2.75) is 44.2 Å². The van der Waals surface area contributed by atoms with Gasteiger partial charge in [0.1, 0.15) is 5.60 Å². The number of rotatable bonds is 3. The molecule has 1 N–H and O–H groups in total. The summed E-state index contributed by atoms with van der Waals surface area (Å²) in [5.74, 6) is 0.534. The Morgan fingerprint density at radius 3 is 2.65 bits per heavy atom. The van der Waals surface area contributed by atoms with Crippen LogP contribution in [0, 0.1) is 0 Å². The maximum atomic E-state index is 12.3. The number of ether oxygens (including phenoxy) is 1. The molecule has 0 radical (unpaired) electrons. The van der Waals surface area contributed by atoms with E-state index in [2.05, 4.69) is 27.4 Å². The molecule has 1 aliphatic heterocycles. The van der Waals surface area contributed by atoms with Gasteiger partial charge in [0, 0.05) is 23.3 Å². The first-order valence-electron chi connectivity index (χ1n) is 8.58. The zero-order valence-corrected chi connectivity index (χ0v) is 16.4.